The van der Waals surface area contributed by atoms with Crippen molar-refractivity contribution in [2.75, 3.05) is 6.26 Å². The summed E-state index contributed by atoms with van der Waals surface area (Å²) in [7, 11) is 0. The van der Waals surface area contributed by atoms with Gasteiger partial charge in [0, 0.05) is 22.0 Å². The van der Waals surface area contributed by atoms with Crippen LogP contribution in [0.2, 0.25) is 0 Å². The largest absolute Gasteiger partial charge is 0.307 e. The molecule has 1 saturated carbocycles. The quantitative estimate of drug-likeness (QED) is 0.712. The fourth-order valence-corrected chi connectivity index (χ4v) is 4.51. The van der Waals surface area contributed by atoms with Gasteiger partial charge in [0.15, 0.2) is 5.65 Å². The van der Waals surface area contributed by atoms with Gasteiger partial charge in [0.1, 0.15) is 11.3 Å². The Kier molecular flexibility index (Phi) is 4.29. The van der Waals surface area contributed by atoms with Gasteiger partial charge in [0.05, 0.1) is 5.38 Å². The first-order valence-corrected chi connectivity index (χ1v) is 9.33. The van der Waals surface area contributed by atoms with Gasteiger partial charge in [-0.05, 0) is 48.0 Å². The molecule has 3 nitrogen and oxygen atoms in total. The van der Waals surface area contributed by atoms with Crippen molar-refractivity contribution < 1.29 is 0 Å². The maximum absolute atomic E-state index is 6.36. The number of nitrogens with zero attached hydrogens (tertiary/aromatic N) is 3. The molecule has 0 saturated heterocycles. The summed E-state index contributed by atoms with van der Waals surface area (Å²) >= 11 is 11.8. The van der Waals surface area contributed by atoms with Gasteiger partial charge >= 0.3 is 0 Å². The zero-order valence-corrected chi connectivity index (χ0v) is 14.7. The Morgan fingerprint density at radius 2 is 2.30 bits per heavy atom. The lowest BCUT2D eigenvalue weighted by Crippen LogP contribution is -2.18. The van der Waals surface area contributed by atoms with Crippen molar-refractivity contribution in [3.05, 3.63) is 22.6 Å². The number of pyridine rings is 1. The second kappa shape index (κ2) is 5.85. The number of thioether (sulfide) groups is 1. The third kappa shape index (κ3) is 2.48. The number of aromatic nitrogens is 3. The van der Waals surface area contributed by atoms with Gasteiger partial charge in [0.2, 0.25) is 0 Å². The summed E-state index contributed by atoms with van der Waals surface area (Å²) in [5, 5.41) is 0.526. The van der Waals surface area contributed by atoms with Crippen molar-refractivity contribution in [2.24, 2.45) is 0 Å². The number of hydrogen-bond acceptors (Lipinski definition) is 3. The Hall–Kier alpha value is -0.260. The van der Waals surface area contributed by atoms with Crippen LogP contribution < -0.4 is 0 Å². The van der Waals surface area contributed by atoms with E-state index in [1.807, 2.05) is 30.9 Å². The molecule has 1 fully saturated rings. The SMILES string of the molecule is CSC1CCCC1n1c(C(C)Cl)nc2cc(Br)cnc21. The second-order valence-electron chi connectivity index (χ2n) is 5.22. The molecule has 0 aliphatic heterocycles. The maximum atomic E-state index is 6.36. The van der Waals surface area contributed by atoms with E-state index in [0.717, 1.165) is 21.5 Å². The highest BCUT2D eigenvalue weighted by Gasteiger charge is 2.32. The van der Waals surface area contributed by atoms with E-state index >= 15 is 0 Å². The molecule has 3 unspecified atom stereocenters. The van der Waals surface area contributed by atoms with Crippen LogP contribution in [0.5, 0.6) is 0 Å². The first kappa shape index (κ1) is 14.7. The van der Waals surface area contributed by atoms with Crippen molar-refractivity contribution in [3.8, 4) is 0 Å². The number of fused-ring (bicyclic) bond motifs is 1. The van der Waals surface area contributed by atoms with E-state index in [4.69, 9.17) is 16.6 Å². The van der Waals surface area contributed by atoms with Crippen LogP contribution in [-0.4, -0.2) is 26.0 Å². The Labute approximate surface area is 136 Å². The van der Waals surface area contributed by atoms with E-state index in [9.17, 15) is 0 Å². The molecular weight excluding hydrogens is 358 g/mol. The molecule has 108 valence electrons. The van der Waals surface area contributed by atoms with E-state index in [2.05, 4.69) is 31.7 Å². The lowest BCUT2D eigenvalue weighted by Gasteiger charge is -2.22. The minimum atomic E-state index is -0.105. The average Bonchev–Trinajstić information content (AvgIpc) is 3.00. The Bertz CT molecular complexity index is 628. The Balaban J connectivity index is 2.18. The summed E-state index contributed by atoms with van der Waals surface area (Å²) in [4.78, 5) is 9.30. The molecule has 1 aliphatic rings. The fraction of sp³-hybridized carbons (Fsp3) is 0.571. The predicted octanol–water partition coefficient (Wildman–Crippen LogP) is 4.95. The molecule has 20 heavy (non-hydrogen) atoms. The number of halogens is 2. The lowest BCUT2D eigenvalue weighted by molar-refractivity contribution is 0.516. The van der Waals surface area contributed by atoms with Crippen LogP contribution in [-0.2, 0) is 0 Å². The molecule has 0 N–H and O–H groups in total. The number of imidazole rings is 1. The minimum Gasteiger partial charge on any atom is -0.307 e. The van der Waals surface area contributed by atoms with Gasteiger partial charge in [-0.1, -0.05) is 6.42 Å². The van der Waals surface area contributed by atoms with E-state index in [0.29, 0.717) is 11.3 Å². The number of rotatable bonds is 3. The molecule has 6 heteroatoms. The molecule has 0 aromatic carbocycles. The first-order chi connectivity index (χ1) is 9.61. The third-order valence-electron chi connectivity index (χ3n) is 3.93. The van der Waals surface area contributed by atoms with Crippen LogP contribution in [0.15, 0.2) is 16.7 Å². The van der Waals surface area contributed by atoms with Gasteiger partial charge in [-0.15, -0.1) is 11.6 Å². The van der Waals surface area contributed by atoms with E-state index in [1.165, 1.54) is 19.3 Å². The molecule has 1 aliphatic carbocycles. The number of alkyl halides is 1. The van der Waals surface area contributed by atoms with Crippen molar-refractivity contribution in [1.82, 2.24) is 14.5 Å². The molecule has 3 rings (SSSR count). The molecule has 2 aromatic heterocycles. The minimum absolute atomic E-state index is 0.105. The Morgan fingerprint density at radius 1 is 1.50 bits per heavy atom. The summed E-state index contributed by atoms with van der Waals surface area (Å²) in [5.41, 5.74) is 1.88. The molecule has 2 heterocycles. The van der Waals surface area contributed by atoms with Crippen LogP contribution >= 0.6 is 39.3 Å². The van der Waals surface area contributed by atoms with Crippen LogP contribution in [0.4, 0.5) is 0 Å². The highest BCUT2D eigenvalue weighted by molar-refractivity contribution is 9.10. The van der Waals surface area contributed by atoms with Crippen LogP contribution in [0, 0.1) is 0 Å². The average molecular weight is 375 g/mol. The topological polar surface area (TPSA) is 30.7 Å². The zero-order valence-electron chi connectivity index (χ0n) is 11.5. The molecule has 3 atom stereocenters. The highest BCUT2D eigenvalue weighted by Crippen LogP contribution is 2.41. The molecular formula is C14H17BrClN3S. The standard InChI is InChI=1S/C14H17BrClN3S/c1-8(16)13-18-10-6-9(15)7-17-14(10)19(13)11-4-3-5-12(11)20-2/h6-8,11-12H,3-5H2,1-2H3. The van der Waals surface area contributed by atoms with Crippen molar-refractivity contribution in [2.45, 2.75) is 42.9 Å². The van der Waals surface area contributed by atoms with Gasteiger partial charge in [-0.25, -0.2) is 9.97 Å². The summed E-state index contributed by atoms with van der Waals surface area (Å²) in [6, 6.07) is 2.48. The van der Waals surface area contributed by atoms with E-state index in [-0.39, 0.29) is 5.38 Å². The summed E-state index contributed by atoms with van der Waals surface area (Å²) in [6.07, 6.45) is 7.74. The van der Waals surface area contributed by atoms with Gasteiger partial charge in [-0.2, -0.15) is 11.8 Å². The molecule has 0 spiro atoms. The summed E-state index contributed by atoms with van der Waals surface area (Å²) in [5.74, 6) is 0.943. The van der Waals surface area contributed by atoms with Crippen LogP contribution in [0.1, 0.15) is 43.4 Å². The first-order valence-electron chi connectivity index (χ1n) is 6.82. The monoisotopic (exact) mass is 373 g/mol. The number of hydrogen-bond donors (Lipinski definition) is 0. The van der Waals surface area contributed by atoms with Gasteiger partial charge in [0.25, 0.3) is 0 Å². The molecule has 2 aromatic rings. The van der Waals surface area contributed by atoms with Crippen molar-refractivity contribution >= 4 is 50.5 Å². The van der Waals surface area contributed by atoms with E-state index < -0.39 is 0 Å². The van der Waals surface area contributed by atoms with Crippen LogP contribution in [0.25, 0.3) is 11.2 Å². The second-order valence-corrected chi connectivity index (χ2v) is 7.87. The van der Waals surface area contributed by atoms with Gasteiger partial charge < -0.3 is 4.57 Å². The molecule has 0 radical (unpaired) electrons. The smallest absolute Gasteiger partial charge is 0.160 e. The van der Waals surface area contributed by atoms with Gasteiger partial charge in [-0.3, -0.25) is 0 Å². The fourth-order valence-electron chi connectivity index (χ4n) is 3.06. The van der Waals surface area contributed by atoms with Crippen LogP contribution in [0.3, 0.4) is 0 Å². The summed E-state index contributed by atoms with van der Waals surface area (Å²) < 4.78 is 3.24. The normalized spacial score (nSPS) is 24.4. The molecule has 0 amide bonds. The molecule has 0 bridgehead atoms. The van der Waals surface area contributed by atoms with E-state index in [1.54, 1.807) is 0 Å². The van der Waals surface area contributed by atoms with Crippen molar-refractivity contribution in [3.63, 3.8) is 0 Å². The highest BCUT2D eigenvalue weighted by atomic mass is 79.9. The third-order valence-corrected chi connectivity index (χ3v) is 5.72. The zero-order chi connectivity index (χ0) is 14.3. The van der Waals surface area contributed by atoms with Crippen molar-refractivity contribution in [1.29, 1.82) is 0 Å². The maximum Gasteiger partial charge on any atom is 0.160 e. The predicted molar refractivity (Wildman–Crippen MR) is 89.7 cm³/mol. The Morgan fingerprint density at radius 3 is 3.00 bits per heavy atom. The lowest BCUT2D eigenvalue weighted by atomic mass is 10.2. The summed E-state index contributed by atoms with van der Waals surface area (Å²) in [6.45, 7) is 1.98.